The highest BCUT2D eigenvalue weighted by Crippen LogP contribution is 2.08. The molecule has 0 spiro atoms. The third-order valence-electron chi connectivity index (χ3n) is 1.85. The highest BCUT2D eigenvalue weighted by molar-refractivity contribution is 5.84. The minimum Gasteiger partial charge on any atom is -0.502 e. The van der Waals surface area contributed by atoms with Crippen molar-refractivity contribution in [2.75, 3.05) is 6.61 Å². The molecule has 2 N–H and O–H groups in total. The molecule has 0 aromatic rings. The molecule has 0 unspecified atom stereocenters. The van der Waals surface area contributed by atoms with E-state index in [-0.39, 0.29) is 6.61 Å². The van der Waals surface area contributed by atoms with Crippen molar-refractivity contribution in [1.82, 2.24) is 0 Å². The standard InChI is InChI=1S/C11H16O5/c1-3-5-9(12)16-7-4-6-8(2)10(13)11(14)15/h3,5,13H,4,6-7H2,1-2H3,(H,14,15). The SMILES string of the molecule is CC=CC(=O)OCCCC(C)=C(O)C(=O)O. The lowest BCUT2D eigenvalue weighted by Crippen LogP contribution is -2.05. The smallest absolute Gasteiger partial charge is 0.370 e. The van der Waals surface area contributed by atoms with Crippen LogP contribution in [0, 0.1) is 0 Å². The molecule has 0 aromatic heterocycles. The van der Waals surface area contributed by atoms with Gasteiger partial charge in [-0.25, -0.2) is 9.59 Å². The maximum Gasteiger partial charge on any atom is 0.370 e. The third kappa shape index (κ3) is 5.85. The molecule has 0 aliphatic rings. The van der Waals surface area contributed by atoms with Crippen LogP contribution in [0.15, 0.2) is 23.5 Å². The summed E-state index contributed by atoms with van der Waals surface area (Å²) >= 11 is 0. The Bertz CT molecular complexity index is 314. The van der Waals surface area contributed by atoms with E-state index >= 15 is 0 Å². The second-order valence-corrected chi connectivity index (χ2v) is 3.21. The van der Waals surface area contributed by atoms with Gasteiger partial charge in [-0.15, -0.1) is 0 Å². The average Bonchev–Trinajstić information content (AvgIpc) is 2.23. The van der Waals surface area contributed by atoms with Crippen LogP contribution in [0.1, 0.15) is 26.7 Å². The Morgan fingerprint density at radius 3 is 2.44 bits per heavy atom. The van der Waals surface area contributed by atoms with Crippen LogP contribution < -0.4 is 0 Å². The van der Waals surface area contributed by atoms with Gasteiger partial charge in [-0.2, -0.15) is 0 Å². The number of aliphatic hydroxyl groups is 1. The van der Waals surface area contributed by atoms with Crippen molar-refractivity contribution >= 4 is 11.9 Å². The summed E-state index contributed by atoms with van der Waals surface area (Å²) in [5.74, 6) is -2.41. The predicted molar refractivity (Wildman–Crippen MR) is 58.0 cm³/mol. The van der Waals surface area contributed by atoms with Crippen LogP contribution in [0.25, 0.3) is 0 Å². The van der Waals surface area contributed by atoms with Gasteiger partial charge in [0.25, 0.3) is 0 Å². The van der Waals surface area contributed by atoms with E-state index in [2.05, 4.69) is 0 Å². The summed E-state index contributed by atoms with van der Waals surface area (Å²) in [6.07, 6.45) is 3.73. The zero-order valence-electron chi connectivity index (χ0n) is 9.40. The molecule has 90 valence electrons. The molecule has 16 heavy (non-hydrogen) atoms. The highest BCUT2D eigenvalue weighted by Gasteiger charge is 2.08. The highest BCUT2D eigenvalue weighted by atomic mass is 16.5. The molecular formula is C11H16O5. The molecule has 0 aliphatic heterocycles. The predicted octanol–water partition coefficient (Wildman–Crippen LogP) is 1.80. The van der Waals surface area contributed by atoms with E-state index in [0.29, 0.717) is 18.4 Å². The van der Waals surface area contributed by atoms with Crippen LogP contribution in [0.3, 0.4) is 0 Å². The molecule has 0 radical (unpaired) electrons. The van der Waals surface area contributed by atoms with E-state index < -0.39 is 17.7 Å². The zero-order valence-corrected chi connectivity index (χ0v) is 9.40. The quantitative estimate of drug-likeness (QED) is 0.313. The van der Waals surface area contributed by atoms with E-state index in [4.69, 9.17) is 14.9 Å². The van der Waals surface area contributed by atoms with Gasteiger partial charge in [-0.05, 0) is 32.3 Å². The molecule has 0 amide bonds. The molecule has 0 fully saturated rings. The second kappa shape index (κ2) is 7.50. The first-order chi connectivity index (χ1) is 7.49. The van der Waals surface area contributed by atoms with Crippen molar-refractivity contribution in [2.24, 2.45) is 0 Å². The van der Waals surface area contributed by atoms with Crippen molar-refractivity contribution < 1.29 is 24.5 Å². The summed E-state index contributed by atoms with van der Waals surface area (Å²) in [6, 6.07) is 0. The molecule has 0 aromatic carbocycles. The Hall–Kier alpha value is -1.78. The van der Waals surface area contributed by atoms with Gasteiger partial charge in [0.15, 0.2) is 0 Å². The molecule has 0 aliphatic carbocycles. The summed E-state index contributed by atoms with van der Waals surface area (Å²) in [5, 5.41) is 17.5. The third-order valence-corrected chi connectivity index (χ3v) is 1.85. The van der Waals surface area contributed by atoms with E-state index in [0.717, 1.165) is 0 Å². The van der Waals surface area contributed by atoms with Gasteiger partial charge in [-0.1, -0.05) is 6.08 Å². The van der Waals surface area contributed by atoms with E-state index in [1.807, 2.05) is 0 Å². The lowest BCUT2D eigenvalue weighted by atomic mass is 10.1. The normalized spacial score (nSPS) is 12.4. The van der Waals surface area contributed by atoms with Gasteiger partial charge in [0, 0.05) is 6.08 Å². The fourth-order valence-corrected chi connectivity index (χ4v) is 0.995. The first-order valence-electron chi connectivity index (χ1n) is 4.90. The maximum absolute atomic E-state index is 10.9. The Kier molecular flexibility index (Phi) is 6.67. The van der Waals surface area contributed by atoms with Crippen LogP contribution >= 0.6 is 0 Å². The molecule has 0 rings (SSSR count). The molecule has 0 atom stereocenters. The number of aliphatic carboxylic acids is 1. The average molecular weight is 228 g/mol. The summed E-state index contributed by atoms with van der Waals surface area (Å²) in [4.78, 5) is 21.2. The van der Waals surface area contributed by atoms with Crippen LogP contribution in [0.5, 0.6) is 0 Å². The zero-order chi connectivity index (χ0) is 12.6. The number of carbonyl (C=O) groups is 2. The summed E-state index contributed by atoms with van der Waals surface area (Å²) in [6.45, 7) is 3.43. The van der Waals surface area contributed by atoms with Crippen molar-refractivity contribution in [3.63, 3.8) is 0 Å². The second-order valence-electron chi connectivity index (χ2n) is 3.21. The molecule has 0 saturated carbocycles. The van der Waals surface area contributed by atoms with E-state index in [1.165, 1.54) is 13.0 Å². The van der Waals surface area contributed by atoms with Crippen LogP contribution in [-0.4, -0.2) is 28.8 Å². The van der Waals surface area contributed by atoms with Gasteiger partial charge in [-0.3, -0.25) is 0 Å². The number of ether oxygens (including phenoxy) is 1. The topological polar surface area (TPSA) is 83.8 Å². The molecule has 0 bridgehead atoms. The maximum atomic E-state index is 10.9. The molecule has 0 saturated heterocycles. The molecule has 0 heterocycles. The number of aliphatic hydroxyl groups excluding tert-OH is 1. The molecule has 5 heteroatoms. The minimum atomic E-state index is -1.34. The van der Waals surface area contributed by atoms with Gasteiger partial charge in [0.2, 0.25) is 5.76 Å². The Morgan fingerprint density at radius 1 is 1.31 bits per heavy atom. The van der Waals surface area contributed by atoms with Crippen molar-refractivity contribution in [2.45, 2.75) is 26.7 Å². The van der Waals surface area contributed by atoms with Crippen LogP contribution in [0.2, 0.25) is 0 Å². The molecule has 5 nitrogen and oxygen atoms in total. The summed E-state index contributed by atoms with van der Waals surface area (Å²) in [7, 11) is 0. The Balaban J connectivity index is 3.88. The number of carboxylic acids is 1. The fraction of sp³-hybridized carbons (Fsp3) is 0.455. The number of esters is 1. The van der Waals surface area contributed by atoms with Crippen molar-refractivity contribution in [3.05, 3.63) is 23.5 Å². The number of rotatable bonds is 6. The van der Waals surface area contributed by atoms with Crippen LogP contribution in [0.4, 0.5) is 0 Å². The number of carbonyl (C=O) groups excluding carboxylic acids is 1. The summed E-state index contributed by atoms with van der Waals surface area (Å²) in [5.41, 5.74) is 0.370. The van der Waals surface area contributed by atoms with Crippen molar-refractivity contribution in [3.8, 4) is 0 Å². The summed E-state index contributed by atoms with van der Waals surface area (Å²) < 4.78 is 4.80. The van der Waals surface area contributed by atoms with Gasteiger partial charge in [0.1, 0.15) is 0 Å². The Morgan fingerprint density at radius 2 is 1.94 bits per heavy atom. The Labute approximate surface area is 94.0 Å². The number of allylic oxidation sites excluding steroid dienone is 2. The lowest BCUT2D eigenvalue weighted by Gasteiger charge is -2.03. The van der Waals surface area contributed by atoms with Crippen LogP contribution in [-0.2, 0) is 14.3 Å². The number of hydrogen-bond donors (Lipinski definition) is 2. The number of carboxylic acid groups (broad SMARTS) is 1. The van der Waals surface area contributed by atoms with Crippen molar-refractivity contribution in [1.29, 1.82) is 0 Å². The number of hydrogen-bond acceptors (Lipinski definition) is 4. The lowest BCUT2D eigenvalue weighted by molar-refractivity contribution is -0.138. The van der Waals surface area contributed by atoms with E-state index in [1.54, 1.807) is 13.0 Å². The first-order valence-corrected chi connectivity index (χ1v) is 4.90. The largest absolute Gasteiger partial charge is 0.502 e. The van der Waals surface area contributed by atoms with E-state index in [9.17, 15) is 9.59 Å². The monoisotopic (exact) mass is 228 g/mol. The van der Waals surface area contributed by atoms with Gasteiger partial charge < -0.3 is 14.9 Å². The fourth-order valence-electron chi connectivity index (χ4n) is 0.995. The minimum absolute atomic E-state index is 0.202. The first kappa shape index (κ1) is 14.2. The van der Waals surface area contributed by atoms with Gasteiger partial charge in [0.05, 0.1) is 6.61 Å². The molecular weight excluding hydrogens is 212 g/mol. The van der Waals surface area contributed by atoms with Gasteiger partial charge >= 0.3 is 11.9 Å².